The fourth-order valence-electron chi connectivity index (χ4n) is 2.26. The molecule has 0 aliphatic heterocycles. The molecule has 5 heteroatoms. The Morgan fingerprint density at radius 3 is 3.05 bits per heavy atom. The van der Waals surface area contributed by atoms with Gasteiger partial charge in [0.05, 0.1) is 18.7 Å². The molecule has 0 radical (unpaired) electrons. The Hall–Kier alpha value is -2.14. The Balaban J connectivity index is 1.94. The fourth-order valence-corrected chi connectivity index (χ4v) is 3.13. The molecule has 0 bridgehead atoms. The first-order valence-electron chi connectivity index (χ1n) is 6.85. The first-order chi connectivity index (χ1) is 10.2. The molecular formula is C16H16N2O2S. The summed E-state index contributed by atoms with van der Waals surface area (Å²) in [5.41, 5.74) is 4.14. The minimum absolute atomic E-state index is 0.206. The van der Waals surface area contributed by atoms with Gasteiger partial charge < -0.3 is 4.74 Å². The normalized spacial score (nSPS) is 11.0. The highest BCUT2D eigenvalue weighted by molar-refractivity contribution is 7.15. The smallest absolute Gasteiger partial charge is 0.311 e. The molecule has 0 amide bonds. The van der Waals surface area contributed by atoms with Crippen molar-refractivity contribution in [1.82, 2.24) is 9.38 Å². The summed E-state index contributed by atoms with van der Waals surface area (Å²) in [4.78, 5) is 17.1. The third kappa shape index (κ3) is 2.83. The lowest BCUT2D eigenvalue weighted by Crippen LogP contribution is -2.08. The molecular weight excluding hydrogens is 284 g/mol. The lowest BCUT2D eigenvalue weighted by atomic mass is 10.1. The van der Waals surface area contributed by atoms with Gasteiger partial charge in [0.25, 0.3) is 0 Å². The van der Waals surface area contributed by atoms with E-state index in [0.29, 0.717) is 6.61 Å². The van der Waals surface area contributed by atoms with Crippen molar-refractivity contribution < 1.29 is 9.53 Å². The van der Waals surface area contributed by atoms with Crippen LogP contribution in [0, 0.1) is 6.92 Å². The van der Waals surface area contributed by atoms with E-state index in [1.165, 1.54) is 16.9 Å². The number of benzene rings is 1. The number of hydrogen-bond acceptors (Lipinski definition) is 4. The van der Waals surface area contributed by atoms with Crippen molar-refractivity contribution in [3.05, 3.63) is 47.1 Å². The zero-order valence-corrected chi connectivity index (χ0v) is 12.8. The number of nitrogens with zero attached hydrogens (tertiary/aromatic N) is 2. The van der Waals surface area contributed by atoms with Gasteiger partial charge in [0.1, 0.15) is 0 Å². The van der Waals surface area contributed by atoms with Gasteiger partial charge in [0, 0.05) is 22.8 Å². The van der Waals surface area contributed by atoms with Gasteiger partial charge in [-0.1, -0.05) is 23.8 Å². The SMILES string of the molecule is CCOC(=O)Cc1csc2nc(-c3cccc(C)c3)cn12. The van der Waals surface area contributed by atoms with Crippen LogP contribution in [0.15, 0.2) is 35.8 Å². The van der Waals surface area contributed by atoms with Crippen LogP contribution in [0.5, 0.6) is 0 Å². The number of imidazole rings is 1. The monoisotopic (exact) mass is 300 g/mol. The summed E-state index contributed by atoms with van der Waals surface area (Å²) in [6, 6.07) is 8.24. The second-order valence-electron chi connectivity index (χ2n) is 4.86. The molecule has 0 atom stereocenters. The lowest BCUT2D eigenvalue weighted by molar-refractivity contribution is -0.142. The van der Waals surface area contributed by atoms with E-state index in [1.807, 2.05) is 35.0 Å². The highest BCUT2D eigenvalue weighted by atomic mass is 32.1. The van der Waals surface area contributed by atoms with E-state index in [-0.39, 0.29) is 12.4 Å². The van der Waals surface area contributed by atoms with Gasteiger partial charge >= 0.3 is 5.97 Å². The molecule has 0 spiro atoms. The van der Waals surface area contributed by atoms with Gasteiger partial charge in [-0.25, -0.2) is 4.98 Å². The number of carbonyl (C=O) groups is 1. The van der Waals surface area contributed by atoms with E-state index in [1.54, 1.807) is 0 Å². The van der Waals surface area contributed by atoms with Crippen molar-refractivity contribution in [1.29, 1.82) is 0 Å². The molecule has 0 N–H and O–H groups in total. The molecule has 3 aromatic rings. The van der Waals surface area contributed by atoms with Crippen LogP contribution in [0.25, 0.3) is 16.2 Å². The molecule has 0 saturated heterocycles. The van der Waals surface area contributed by atoms with E-state index in [9.17, 15) is 4.79 Å². The van der Waals surface area contributed by atoms with Crippen LogP contribution in [-0.2, 0) is 16.0 Å². The standard InChI is InChI=1S/C16H16N2O2S/c1-3-20-15(19)8-13-10-21-16-17-14(9-18(13)16)12-6-4-5-11(2)7-12/h4-7,9-10H,3,8H2,1-2H3. The van der Waals surface area contributed by atoms with E-state index in [2.05, 4.69) is 24.0 Å². The summed E-state index contributed by atoms with van der Waals surface area (Å²) in [6.45, 7) is 4.28. The van der Waals surface area contributed by atoms with Crippen molar-refractivity contribution in [3.8, 4) is 11.3 Å². The molecule has 0 aliphatic rings. The first-order valence-corrected chi connectivity index (χ1v) is 7.73. The predicted octanol–water partition coefficient (Wildman–Crippen LogP) is 3.48. The summed E-state index contributed by atoms with van der Waals surface area (Å²) in [7, 11) is 0. The maximum atomic E-state index is 11.6. The summed E-state index contributed by atoms with van der Waals surface area (Å²) in [6.07, 6.45) is 2.26. The second kappa shape index (κ2) is 5.69. The first kappa shape index (κ1) is 13.8. The van der Waals surface area contributed by atoms with Crippen molar-refractivity contribution in [2.24, 2.45) is 0 Å². The maximum absolute atomic E-state index is 11.6. The number of thiazole rings is 1. The molecule has 0 fully saturated rings. The Bertz CT molecular complexity index is 789. The zero-order chi connectivity index (χ0) is 14.8. The van der Waals surface area contributed by atoms with Crippen LogP contribution in [-0.4, -0.2) is 22.0 Å². The third-order valence-corrected chi connectivity index (χ3v) is 4.12. The number of hydrogen-bond donors (Lipinski definition) is 0. The van der Waals surface area contributed by atoms with Gasteiger partial charge in [0.2, 0.25) is 0 Å². The van der Waals surface area contributed by atoms with Crippen LogP contribution < -0.4 is 0 Å². The minimum atomic E-state index is -0.206. The lowest BCUT2D eigenvalue weighted by Gasteiger charge is -2.00. The van der Waals surface area contributed by atoms with Gasteiger partial charge in [-0.15, -0.1) is 11.3 Å². The molecule has 0 unspecified atom stereocenters. The topological polar surface area (TPSA) is 43.6 Å². The number of fused-ring (bicyclic) bond motifs is 1. The Kier molecular flexibility index (Phi) is 3.75. The Labute approximate surface area is 127 Å². The van der Waals surface area contributed by atoms with Crippen LogP contribution >= 0.6 is 11.3 Å². The maximum Gasteiger partial charge on any atom is 0.311 e. The summed E-state index contributed by atoms with van der Waals surface area (Å²) >= 11 is 1.54. The number of rotatable bonds is 4. The van der Waals surface area contributed by atoms with Crippen LogP contribution in [0.1, 0.15) is 18.2 Å². The molecule has 1 aromatic carbocycles. The molecule has 21 heavy (non-hydrogen) atoms. The van der Waals surface area contributed by atoms with Gasteiger partial charge in [-0.05, 0) is 19.9 Å². The highest BCUT2D eigenvalue weighted by Gasteiger charge is 2.13. The number of ether oxygens (including phenoxy) is 1. The van der Waals surface area contributed by atoms with Crippen molar-refractivity contribution in [2.75, 3.05) is 6.61 Å². The van der Waals surface area contributed by atoms with Crippen molar-refractivity contribution in [2.45, 2.75) is 20.3 Å². The molecule has 2 aromatic heterocycles. The molecule has 0 saturated carbocycles. The van der Waals surface area contributed by atoms with E-state index in [4.69, 9.17) is 4.74 Å². The van der Waals surface area contributed by atoms with Gasteiger partial charge in [-0.3, -0.25) is 9.20 Å². The summed E-state index contributed by atoms with van der Waals surface area (Å²) in [5.74, 6) is -0.206. The molecule has 4 nitrogen and oxygen atoms in total. The quantitative estimate of drug-likeness (QED) is 0.693. The van der Waals surface area contributed by atoms with E-state index < -0.39 is 0 Å². The largest absolute Gasteiger partial charge is 0.466 e. The van der Waals surface area contributed by atoms with Crippen molar-refractivity contribution in [3.63, 3.8) is 0 Å². The fraction of sp³-hybridized carbons (Fsp3) is 0.250. The molecule has 108 valence electrons. The number of aromatic nitrogens is 2. The number of esters is 1. The van der Waals surface area contributed by atoms with Crippen LogP contribution in [0.3, 0.4) is 0 Å². The molecule has 0 aliphatic carbocycles. The van der Waals surface area contributed by atoms with E-state index in [0.717, 1.165) is 21.9 Å². The predicted molar refractivity (Wildman–Crippen MR) is 83.6 cm³/mol. The van der Waals surface area contributed by atoms with Gasteiger partial charge in [0.15, 0.2) is 4.96 Å². The summed E-state index contributed by atoms with van der Waals surface area (Å²) < 4.78 is 6.97. The molecule has 2 heterocycles. The van der Waals surface area contributed by atoms with E-state index >= 15 is 0 Å². The van der Waals surface area contributed by atoms with Crippen LogP contribution in [0.2, 0.25) is 0 Å². The Morgan fingerprint density at radius 1 is 1.43 bits per heavy atom. The summed E-state index contributed by atoms with van der Waals surface area (Å²) in [5, 5.41) is 1.96. The Morgan fingerprint density at radius 2 is 2.29 bits per heavy atom. The van der Waals surface area contributed by atoms with Gasteiger partial charge in [-0.2, -0.15) is 0 Å². The second-order valence-corrected chi connectivity index (χ2v) is 5.69. The average Bonchev–Trinajstić information content (AvgIpc) is 3.01. The minimum Gasteiger partial charge on any atom is -0.466 e. The number of carbonyl (C=O) groups excluding carboxylic acids is 1. The van der Waals surface area contributed by atoms with Crippen molar-refractivity contribution >= 4 is 22.3 Å². The third-order valence-electron chi connectivity index (χ3n) is 3.23. The average molecular weight is 300 g/mol. The van der Waals surface area contributed by atoms with Crippen LogP contribution in [0.4, 0.5) is 0 Å². The number of aryl methyl sites for hydroxylation is 1. The highest BCUT2D eigenvalue weighted by Crippen LogP contribution is 2.24. The zero-order valence-electron chi connectivity index (χ0n) is 12.0. The molecule has 3 rings (SSSR count).